The van der Waals surface area contributed by atoms with Crippen LogP contribution in [0.2, 0.25) is 0 Å². The number of rotatable bonds is 7. The van der Waals surface area contributed by atoms with Gasteiger partial charge >= 0.3 is 0 Å². The molecule has 0 saturated carbocycles. The Morgan fingerprint density at radius 3 is 3.00 bits per heavy atom. The molecule has 1 rings (SSSR count). The van der Waals surface area contributed by atoms with E-state index in [1.54, 1.807) is 6.26 Å². The molecule has 0 aliphatic heterocycles. The van der Waals surface area contributed by atoms with Gasteiger partial charge in [0, 0.05) is 6.54 Å². The summed E-state index contributed by atoms with van der Waals surface area (Å²) in [7, 11) is 2.00. The van der Waals surface area contributed by atoms with Crippen molar-refractivity contribution in [2.75, 3.05) is 33.4 Å². The molecule has 0 aromatic carbocycles. The fraction of sp³-hybridized carbons (Fsp3) is 0.600. The predicted octanol–water partition coefficient (Wildman–Crippen LogP) is 0.720. The minimum absolute atomic E-state index is 0.0852. The van der Waals surface area contributed by atoms with Crippen molar-refractivity contribution < 1.29 is 14.3 Å². The van der Waals surface area contributed by atoms with E-state index >= 15 is 0 Å². The molecule has 4 heteroatoms. The van der Waals surface area contributed by atoms with Crippen LogP contribution >= 0.6 is 0 Å². The quantitative estimate of drug-likeness (QED) is 0.657. The molecule has 1 heterocycles. The molecule has 0 fully saturated rings. The van der Waals surface area contributed by atoms with Gasteiger partial charge in [-0.25, -0.2) is 0 Å². The Morgan fingerprint density at radius 1 is 1.50 bits per heavy atom. The molecule has 0 spiro atoms. The molecule has 80 valence electrons. The number of ether oxygens (including phenoxy) is 1. The number of aliphatic hydroxyl groups excluding tert-OH is 1. The molecule has 0 atom stereocenters. The molecule has 0 saturated heterocycles. The van der Waals surface area contributed by atoms with Crippen molar-refractivity contribution in [3.05, 3.63) is 24.2 Å². The van der Waals surface area contributed by atoms with Crippen molar-refractivity contribution in [3.63, 3.8) is 0 Å². The maximum atomic E-state index is 8.49. The van der Waals surface area contributed by atoms with Crippen LogP contribution in [-0.4, -0.2) is 43.4 Å². The van der Waals surface area contributed by atoms with Crippen LogP contribution in [0.15, 0.2) is 22.8 Å². The van der Waals surface area contributed by atoms with E-state index in [0.29, 0.717) is 13.2 Å². The maximum Gasteiger partial charge on any atom is 0.117 e. The van der Waals surface area contributed by atoms with Gasteiger partial charge in [0.1, 0.15) is 5.76 Å². The van der Waals surface area contributed by atoms with Crippen LogP contribution in [0, 0.1) is 0 Å². The third-order valence-electron chi connectivity index (χ3n) is 1.86. The Balaban J connectivity index is 2.07. The van der Waals surface area contributed by atoms with E-state index in [1.807, 2.05) is 19.2 Å². The molecule has 0 amide bonds. The summed E-state index contributed by atoms with van der Waals surface area (Å²) in [6.07, 6.45) is 1.67. The van der Waals surface area contributed by atoms with E-state index in [1.165, 1.54) is 0 Å². The van der Waals surface area contributed by atoms with Crippen molar-refractivity contribution in [1.82, 2.24) is 4.90 Å². The Bertz CT molecular complexity index is 223. The molecule has 0 bridgehead atoms. The number of nitrogens with zero attached hydrogens (tertiary/aromatic N) is 1. The van der Waals surface area contributed by atoms with Gasteiger partial charge in [0.15, 0.2) is 0 Å². The summed E-state index contributed by atoms with van der Waals surface area (Å²) in [6, 6.07) is 3.83. The van der Waals surface area contributed by atoms with Crippen molar-refractivity contribution >= 4 is 0 Å². The number of aliphatic hydroxyl groups is 1. The molecule has 1 N–H and O–H groups in total. The molecule has 0 aliphatic rings. The Morgan fingerprint density at radius 2 is 2.36 bits per heavy atom. The van der Waals surface area contributed by atoms with E-state index in [-0.39, 0.29) is 6.61 Å². The highest BCUT2D eigenvalue weighted by Crippen LogP contribution is 2.02. The maximum absolute atomic E-state index is 8.49. The van der Waals surface area contributed by atoms with Crippen LogP contribution in [0.5, 0.6) is 0 Å². The summed E-state index contributed by atoms with van der Waals surface area (Å²) in [5.41, 5.74) is 0. The zero-order chi connectivity index (χ0) is 10.2. The molecule has 0 unspecified atom stereocenters. The van der Waals surface area contributed by atoms with Crippen LogP contribution < -0.4 is 0 Å². The molecule has 14 heavy (non-hydrogen) atoms. The first-order valence-electron chi connectivity index (χ1n) is 4.72. The van der Waals surface area contributed by atoms with Gasteiger partial charge in [-0.1, -0.05) is 0 Å². The van der Waals surface area contributed by atoms with Gasteiger partial charge in [-0.3, -0.25) is 4.90 Å². The fourth-order valence-electron chi connectivity index (χ4n) is 1.13. The Kier molecular flexibility index (Phi) is 5.29. The van der Waals surface area contributed by atoms with E-state index < -0.39 is 0 Å². The van der Waals surface area contributed by atoms with Gasteiger partial charge in [0.2, 0.25) is 0 Å². The minimum atomic E-state index is 0.0852. The molecule has 4 nitrogen and oxygen atoms in total. The highest BCUT2D eigenvalue weighted by atomic mass is 16.5. The second-order valence-electron chi connectivity index (χ2n) is 3.15. The first-order chi connectivity index (χ1) is 6.83. The van der Waals surface area contributed by atoms with Crippen molar-refractivity contribution in [3.8, 4) is 0 Å². The van der Waals surface area contributed by atoms with E-state index in [0.717, 1.165) is 18.8 Å². The number of hydrogen-bond acceptors (Lipinski definition) is 4. The lowest BCUT2D eigenvalue weighted by atomic mass is 10.4. The third-order valence-corrected chi connectivity index (χ3v) is 1.86. The van der Waals surface area contributed by atoms with Gasteiger partial charge in [0.25, 0.3) is 0 Å². The van der Waals surface area contributed by atoms with Crippen LogP contribution in [0.3, 0.4) is 0 Å². The normalized spacial score (nSPS) is 11.1. The smallest absolute Gasteiger partial charge is 0.117 e. The minimum Gasteiger partial charge on any atom is -0.468 e. The summed E-state index contributed by atoms with van der Waals surface area (Å²) in [4.78, 5) is 2.11. The van der Waals surface area contributed by atoms with Gasteiger partial charge < -0.3 is 14.3 Å². The van der Waals surface area contributed by atoms with Crippen molar-refractivity contribution in [1.29, 1.82) is 0 Å². The highest BCUT2D eigenvalue weighted by Gasteiger charge is 2.01. The molecule has 0 aliphatic carbocycles. The number of furan rings is 1. The second-order valence-corrected chi connectivity index (χ2v) is 3.15. The lowest BCUT2D eigenvalue weighted by Gasteiger charge is -2.14. The largest absolute Gasteiger partial charge is 0.468 e. The molecular formula is C10H17NO3. The van der Waals surface area contributed by atoms with E-state index in [9.17, 15) is 0 Å². The summed E-state index contributed by atoms with van der Waals surface area (Å²) in [5.74, 6) is 0.953. The summed E-state index contributed by atoms with van der Waals surface area (Å²) < 4.78 is 10.4. The number of likely N-dealkylation sites (N-methyl/N-ethyl adjacent to an activating group) is 1. The zero-order valence-corrected chi connectivity index (χ0v) is 8.48. The lowest BCUT2D eigenvalue weighted by Crippen LogP contribution is -2.23. The standard InChI is InChI=1S/C10H17NO3/c1-11(4-7-13-8-5-12)9-10-3-2-6-14-10/h2-3,6,12H,4-5,7-9H2,1H3. The lowest BCUT2D eigenvalue weighted by molar-refractivity contribution is 0.0762. The molecule has 1 aromatic heterocycles. The third kappa shape index (κ3) is 4.41. The Hall–Kier alpha value is -0.840. The molecular weight excluding hydrogens is 182 g/mol. The predicted molar refractivity (Wildman–Crippen MR) is 52.9 cm³/mol. The van der Waals surface area contributed by atoms with Gasteiger partial charge in [-0.2, -0.15) is 0 Å². The first kappa shape index (κ1) is 11.2. The average Bonchev–Trinajstić information content (AvgIpc) is 2.65. The Labute approximate surface area is 84.1 Å². The molecule has 0 radical (unpaired) electrons. The monoisotopic (exact) mass is 199 g/mol. The highest BCUT2D eigenvalue weighted by molar-refractivity contribution is 4.97. The van der Waals surface area contributed by atoms with E-state index in [2.05, 4.69) is 4.90 Å². The summed E-state index contributed by atoms with van der Waals surface area (Å²) in [6.45, 7) is 2.75. The first-order valence-corrected chi connectivity index (χ1v) is 4.72. The SMILES string of the molecule is CN(CCOCCO)Cc1ccco1. The van der Waals surface area contributed by atoms with Gasteiger partial charge in [-0.05, 0) is 19.2 Å². The summed E-state index contributed by atoms with van der Waals surface area (Å²) >= 11 is 0. The summed E-state index contributed by atoms with van der Waals surface area (Å²) in [5, 5.41) is 8.49. The fourth-order valence-corrected chi connectivity index (χ4v) is 1.13. The van der Waals surface area contributed by atoms with E-state index in [4.69, 9.17) is 14.3 Å². The zero-order valence-electron chi connectivity index (χ0n) is 8.48. The molecule has 1 aromatic rings. The van der Waals surface area contributed by atoms with Crippen LogP contribution in [0.4, 0.5) is 0 Å². The second kappa shape index (κ2) is 6.59. The van der Waals surface area contributed by atoms with Crippen LogP contribution in [-0.2, 0) is 11.3 Å². The van der Waals surface area contributed by atoms with Crippen LogP contribution in [0.25, 0.3) is 0 Å². The van der Waals surface area contributed by atoms with Crippen LogP contribution in [0.1, 0.15) is 5.76 Å². The average molecular weight is 199 g/mol. The number of hydrogen-bond donors (Lipinski definition) is 1. The topological polar surface area (TPSA) is 45.8 Å². The van der Waals surface area contributed by atoms with Gasteiger partial charge in [0.05, 0.1) is 32.6 Å². The van der Waals surface area contributed by atoms with Crippen molar-refractivity contribution in [2.45, 2.75) is 6.54 Å². The van der Waals surface area contributed by atoms with Crippen molar-refractivity contribution in [2.24, 2.45) is 0 Å². The van der Waals surface area contributed by atoms with Gasteiger partial charge in [-0.15, -0.1) is 0 Å².